The van der Waals surface area contributed by atoms with Crippen molar-refractivity contribution in [1.82, 2.24) is 15.1 Å². The van der Waals surface area contributed by atoms with Crippen LogP contribution >= 0.6 is 0 Å². The third kappa shape index (κ3) is 3.30. The van der Waals surface area contributed by atoms with Gasteiger partial charge in [-0.1, -0.05) is 17.3 Å². The number of aliphatic hydroxyl groups is 1. The van der Waals surface area contributed by atoms with Crippen molar-refractivity contribution in [1.29, 1.82) is 0 Å². The molecule has 0 unspecified atom stereocenters. The highest BCUT2D eigenvalue weighted by Crippen LogP contribution is 2.34. The van der Waals surface area contributed by atoms with Crippen molar-refractivity contribution in [3.8, 4) is 11.3 Å². The number of aryl methyl sites for hydroxylation is 2. The monoisotopic (exact) mass is 368 g/mol. The van der Waals surface area contributed by atoms with E-state index >= 15 is 0 Å². The average Bonchev–Trinajstić information content (AvgIpc) is 3.01. The number of aromatic nitrogens is 3. The average molecular weight is 368 g/mol. The summed E-state index contributed by atoms with van der Waals surface area (Å²) in [6.07, 6.45) is 4.50. The van der Waals surface area contributed by atoms with Gasteiger partial charge in [0.25, 0.3) is 0 Å². The zero-order valence-corrected chi connectivity index (χ0v) is 15.3. The lowest BCUT2D eigenvalue weighted by atomic mass is 9.84. The highest BCUT2D eigenvalue weighted by molar-refractivity contribution is 5.64. The number of halogens is 1. The first kappa shape index (κ1) is 17.6. The second-order valence-corrected chi connectivity index (χ2v) is 6.99. The van der Waals surface area contributed by atoms with Gasteiger partial charge in [0, 0.05) is 13.1 Å². The third-order valence-electron chi connectivity index (χ3n) is 5.21. The fraction of sp³-hybridized carbons (Fsp3) is 0.350. The Hall–Kier alpha value is -2.80. The van der Waals surface area contributed by atoms with Crippen LogP contribution in [0.25, 0.3) is 11.3 Å². The Morgan fingerprint density at radius 1 is 1.11 bits per heavy atom. The Morgan fingerprint density at radius 3 is 2.44 bits per heavy atom. The Balaban J connectivity index is 1.53. The molecule has 7 heteroatoms. The van der Waals surface area contributed by atoms with Gasteiger partial charge in [-0.3, -0.25) is 4.98 Å². The predicted octanol–water partition coefficient (Wildman–Crippen LogP) is 3.38. The second kappa shape index (κ2) is 6.74. The number of piperidine rings is 1. The summed E-state index contributed by atoms with van der Waals surface area (Å²) in [4.78, 5) is 11.2. The van der Waals surface area contributed by atoms with Crippen LogP contribution in [-0.2, 0) is 5.60 Å². The lowest BCUT2D eigenvalue weighted by Crippen LogP contribution is -2.43. The summed E-state index contributed by atoms with van der Waals surface area (Å²) in [7, 11) is 0. The lowest BCUT2D eigenvalue weighted by molar-refractivity contribution is 0.0116. The van der Waals surface area contributed by atoms with Crippen molar-refractivity contribution in [3.05, 3.63) is 59.5 Å². The minimum Gasteiger partial charge on any atom is -0.385 e. The van der Waals surface area contributed by atoms with E-state index in [1.165, 1.54) is 12.1 Å². The first-order valence-electron chi connectivity index (χ1n) is 8.95. The van der Waals surface area contributed by atoms with Crippen molar-refractivity contribution < 1.29 is 14.0 Å². The van der Waals surface area contributed by atoms with Gasteiger partial charge in [0.05, 0.1) is 34.9 Å². The zero-order valence-electron chi connectivity index (χ0n) is 15.3. The maximum absolute atomic E-state index is 13.2. The van der Waals surface area contributed by atoms with E-state index in [-0.39, 0.29) is 5.82 Å². The van der Waals surface area contributed by atoms with E-state index < -0.39 is 5.60 Å². The standard InChI is InChI=1S/C20H21FN4O2/c1-13-19(14(2)27-24-13)17-11-22-12-18(23-17)25-9-7-20(26,8-10-25)15-3-5-16(21)6-4-15/h3-6,11-12,26H,7-10H2,1-2H3. The van der Waals surface area contributed by atoms with Crippen LogP contribution in [0, 0.1) is 19.7 Å². The number of anilines is 1. The molecular formula is C20H21FN4O2. The Bertz CT molecular complexity index is 927. The molecule has 0 radical (unpaired) electrons. The largest absolute Gasteiger partial charge is 0.385 e. The van der Waals surface area contributed by atoms with E-state index in [0.29, 0.717) is 31.7 Å². The number of rotatable bonds is 3. The molecule has 27 heavy (non-hydrogen) atoms. The molecule has 1 saturated heterocycles. The van der Waals surface area contributed by atoms with Crippen LogP contribution in [-0.4, -0.2) is 33.3 Å². The smallest absolute Gasteiger partial charge is 0.147 e. The summed E-state index contributed by atoms with van der Waals surface area (Å²) >= 11 is 0. The van der Waals surface area contributed by atoms with Gasteiger partial charge in [-0.05, 0) is 44.4 Å². The molecule has 6 nitrogen and oxygen atoms in total. The minimum absolute atomic E-state index is 0.300. The molecule has 1 aromatic carbocycles. The molecule has 1 N–H and O–H groups in total. The first-order valence-corrected chi connectivity index (χ1v) is 8.95. The number of hydrogen-bond acceptors (Lipinski definition) is 6. The molecule has 3 aromatic rings. The van der Waals surface area contributed by atoms with E-state index in [9.17, 15) is 9.50 Å². The highest BCUT2D eigenvalue weighted by atomic mass is 19.1. The Kier molecular flexibility index (Phi) is 4.39. The van der Waals surface area contributed by atoms with Gasteiger partial charge in [-0.2, -0.15) is 0 Å². The van der Waals surface area contributed by atoms with Crippen LogP contribution in [0.1, 0.15) is 29.9 Å². The van der Waals surface area contributed by atoms with Gasteiger partial charge in [0.15, 0.2) is 0 Å². The molecule has 0 atom stereocenters. The molecule has 140 valence electrons. The summed E-state index contributed by atoms with van der Waals surface area (Å²) < 4.78 is 18.4. The van der Waals surface area contributed by atoms with Crippen molar-refractivity contribution in [2.45, 2.75) is 32.3 Å². The topological polar surface area (TPSA) is 75.3 Å². The van der Waals surface area contributed by atoms with Crippen LogP contribution in [0.5, 0.6) is 0 Å². The summed E-state index contributed by atoms with van der Waals surface area (Å²) in [5, 5.41) is 14.9. The van der Waals surface area contributed by atoms with Gasteiger partial charge >= 0.3 is 0 Å². The zero-order chi connectivity index (χ0) is 19.0. The van der Waals surface area contributed by atoms with Crippen molar-refractivity contribution >= 4 is 5.82 Å². The van der Waals surface area contributed by atoms with E-state index in [2.05, 4.69) is 15.0 Å². The molecule has 0 amide bonds. The number of benzene rings is 1. The highest BCUT2D eigenvalue weighted by Gasteiger charge is 2.34. The van der Waals surface area contributed by atoms with Gasteiger partial charge in [-0.25, -0.2) is 9.37 Å². The summed E-state index contributed by atoms with van der Waals surface area (Å²) in [6.45, 7) is 5.00. The molecule has 2 aromatic heterocycles. The van der Waals surface area contributed by atoms with Crippen molar-refractivity contribution in [2.24, 2.45) is 0 Å². The molecule has 0 bridgehead atoms. The van der Waals surface area contributed by atoms with Crippen LogP contribution in [0.15, 0.2) is 41.2 Å². The lowest BCUT2D eigenvalue weighted by Gasteiger charge is -2.39. The van der Waals surface area contributed by atoms with Gasteiger partial charge in [-0.15, -0.1) is 0 Å². The SMILES string of the molecule is Cc1noc(C)c1-c1cncc(N2CCC(O)(c3ccc(F)cc3)CC2)n1. The van der Waals surface area contributed by atoms with Crippen molar-refractivity contribution in [2.75, 3.05) is 18.0 Å². The van der Waals surface area contributed by atoms with Crippen LogP contribution in [0.3, 0.4) is 0 Å². The quantitative estimate of drug-likeness (QED) is 0.764. The van der Waals surface area contributed by atoms with E-state index in [4.69, 9.17) is 9.51 Å². The minimum atomic E-state index is -0.948. The molecule has 1 aliphatic heterocycles. The Labute approximate surface area is 156 Å². The molecule has 4 rings (SSSR count). The molecule has 3 heterocycles. The summed E-state index contributed by atoms with van der Waals surface area (Å²) in [5.41, 5.74) is 2.17. The molecular weight excluding hydrogens is 347 g/mol. The maximum Gasteiger partial charge on any atom is 0.147 e. The van der Waals surface area contributed by atoms with Crippen LogP contribution in [0.2, 0.25) is 0 Å². The van der Waals surface area contributed by atoms with Crippen molar-refractivity contribution in [3.63, 3.8) is 0 Å². The third-order valence-corrected chi connectivity index (χ3v) is 5.21. The predicted molar refractivity (Wildman–Crippen MR) is 98.7 cm³/mol. The second-order valence-electron chi connectivity index (χ2n) is 6.99. The fourth-order valence-corrected chi connectivity index (χ4v) is 3.63. The van der Waals surface area contributed by atoms with E-state index in [0.717, 1.165) is 28.3 Å². The molecule has 0 aliphatic carbocycles. The number of nitrogens with zero attached hydrogens (tertiary/aromatic N) is 4. The van der Waals surface area contributed by atoms with Gasteiger partial charge < -0.3 is 14.5 Å². The number of hydrogen-bond donors (Lipinski definition) is 1. The molecule has 1 aliphatic rings. The van der Waals surface area contributed by atoms with E-state index in [1.807, 2.05) is 13.8 Å². The molecule has 0 saturated carbocycles. The summed E-state index contributed by atoms with van der Waals surface area (Å²) in [6, 6.07) is 6.09. The van der Waals surface area contributed by atoms with Crippen LogP contribution < -0.4 is 4.90 Å². The van der Waals surface area contributed by atoms with Gasteiger partial charge in [0.1, 0.15) is 17.4 Å². The molecule has 1 fully saturated rings. The molecule has 0 spiro atoms. The normalized spacial score (nSPS) is 16.5. The Morgan fingerprint density at radius 2 is 1.81 bits per heavy atom. The van der Waals surface area contributed by atoms with Crippen LogP contribution in [0.4, 0.5) is 10.2 Å². The fourth-order valence-electron chi connectivity index (χ4n) is 3.63. The maximum atomic E-state index is 13.2. The summed E-state index contributed by atoms with van der Waals surface area (Å²) in [5.74, 6) is 1.17. The van der Waals surface area contributed by atoms with Gasteiger partial charge in [0.2, 0.25) is 0 Å². The first-order chi connectivity index (χ1) is 13.0. The van der Waals surface area contributed by atoms with E-state index in [1.54, 1.807) is 24.5 Å².